The van der Waals surface area contributed by atoms with Gasteiger partial charge in [0.15, 0.2) is 0 Å². The summed E-state index contributed by atoms with van der Waals surface area (Å²) in [5.41, 5.74) is -11.7. The van der Waals surface area contributed by atoms with Crippen LogP contribution in [0.25, 0.3) is 0 Å². The van der Waals surface area contributed by atoms with Crippen molar-refractivity contribution in [3.63, 3.8) is 0 Å². The summed E-state index contributed by atoms with van der Waals surface area (Å²) < 4.78 is 155. The highest BCUT2D eigenvalue weighted by Gasteiger charge is 2.81. The van der Waals surface area contributed by atoms with Crippen molar-refractivity contribution < 1.29 is 62.9 Å². The first-order chi connectivity index (χ1) is 11.2. The molecule has 1 fully saturated rings. The van der Waals surface area contributed by atoms with Gasteiger partial charge in [-0.05, 0) is 12.8 Å². The van der Waals surface area contributed by atoms with E-state index in [2.05, 4.69) is 0 Å². The SMILES string of the molecule is OC(C1CCCCC1C(O)(C(F)(F)F)C(F)(F)F)(C(F)(F)F)C(F)(F)F. The van der Waals surface area contributed by atoms with Gasteiger partial charge in [-0.25, -0.2) is 0 Å². The molecule has 0 aromatic rings. The average Bonchev–Trinajstić information content (AvgIpc) is 2.40. The lowest BCUT2D eigenvalue weighted by Crippen LogP contribution is -2.70. The van der Waals surface area contributed by atoms with Crippen LogP contribution in [0, 0.1) is 11.8 Å². The third-order valence-corrected chi connectivity index (χ3v) is 4.57. The molecule has 1 aliphatic carbocycles. The van der Waals surface area contributed by atoms with E-state index in [4.69, 9.17) is 0 Å². The van der Waals surface area contributed by atoms with Gasteiger partial charge in [0.1, 0.15) is 0 Å². The molecule has 0 aromatic carbocycles. The van der Waals surface area contributed by atoms with Crippen LogP contribution in [-0.2, 0) is 0 Å². The van der Waals surface area contributed by atoms with Crippen LogP contribution in [0.4, 0.5) is 52.7 Å². The molecule has 0 aromatic heterocycles. The highest BCUT2D eigenvalue weighted by atomic mass is 19.4. The maximum absolute atomic E-state index is 12.9. The lowest BCUT2D eigenvalue weighted by Gasteiger charge is -2.50. The van der Waals surface area contributed by atoms with E-state index in [1.807, 2.05) is 0 Å². The summed E-state index contributed by atoms with van der Waals surface area (Å²) in [5.74, 6) is -7.21. The Morgan fingerprint density at radius 1 is 0.462 bits per heavy atom. The zero-order chi connectivity index (χ0) is 21.0. The number of hydrogen-bond acceptors (Lipinski definition) is 2. The number of hydrogen-bond donors (Lipinski definition) is 2. The van der Waals surface area contributed by atoms with Crippen LogP contribution in [0.3, 0.4) is 0 Å². The lowest BCUT2D eigenvalue weighted by atomic mass is 9.62. The Bertz CT molecular complexity index is 426. The standard InChI is InChI=1S/C12H12F12O2/c13-9(14,15)7(25,10(16,17)18)5-3-1-2-4-6(5)8(26,11(19,20)21)12(22,23)24/h5-6,25-26H,1-4H2. The van der Waals surface area contributed by atoms with E-state index in [9.17, 15) is 62.9 Å². The molecule has 156 valence electrons. The van der Waals surface area contributed by atoms with E-state index in [0.29, 0.717) is 0 Å². The fraction of sp³-hybridized carbons (Fsp3) is 1.00. The number of alkyl halides is 12. The fourth-order valence-electron chi connectivity index (χ4n) is 3.29. The van der Waals surface area contributed by atoms with Gasteiger partial charge in [0.2, 0.25) is 0 Å². The van der Waals surface area contributed by atoms with Crippen LogP contribution in [0.5, 0.6) is 0 Å². The van der Waals surface area contributed by atoms with Crippen molar-refractivity contribution in [1.82, 2.24) is 0 Å². The third-order valence-electron chi connectivity index (χ3n) is 4.57. The van der Waals surface area contributed by atoms with Gasteiger partial charge in [-0.2, -0.15) is 52.7 Å². The predicted molar refractivity (Wildman–Crippen MR) is 59.6 cm³/mol. The van der Waals surface area contributed by atoms with Gasteiger partial charge in [0.25, 0.3) is 11.2 Å². The van der Waals surface area contributed by atoms with Crippen molar-refractivity contribution in [1.29, 1.82) is 0 Å². The Balaban J connectivity index is 3.68. The molecule has 0 spiro atoms. The largest absolute Gasteiger partial charge is 0.426 e. The molecule has 0 amide bonds. The first-order valence-electron chi connectivity index (χ1n) is 6.94. The highest BCUT2D eigenvalue weighted by Crippen LogP contribution is 2.60. The van der Waals surface area contributed by atoms with Crippen LogP contribution in [-0.4, -0.2) is 46.1 Å². The van der Waals surface area contributed by atoms with Gasteiger partial charge in [0.05, 0.1) is 0 Å². The van der Waals surface area contributed by atoms with Gasteiger partial charge in [-0.1, -0.05) is 12.8 Å². The van der Waals surface area contributed by atoms with Crippen LogP contribution in [0.2, 0.25) is 0 Å². The van der Waals surface area contributed by atoms with Crippen molar-refractivity contribution in [2.45, 2.75) is 61.6 Å². The zero-order valence-corrected chi connectivity index (χ0v) is 12.4. The van der Waals surface area contributed by atoms with Gasteiger partial charge < -0.3 is 10.2 Å². The van der Waals surface area contributed by atoms with E-state index in [-0.39, 0.29) is 0 Å². The number of halogens is 12. The summed E-state index contributed by atoms with van der Waals surface area (Å²) in [4.78, 5) is 0. The van der Waals surface area contributed by atoms with Gasteiger partial charge >= 0.3 is 24.7 Å². The molecule has 14 heteroatoms. The summed E-state index contributed by atoms with van der Waals surface area (Å²) in [6, 6.07) is 0. The molecule has 0 bridgehead atoms. The minimum absolute atomic E-state index is 0.596. The van der Waals surface area contributed by atoms with Crippen LogP contribution < -0.4 is 0 Å². The molecule has 1 rings (SSSR count). The molecule has 1 saturated carbocycles. The highest BCUT2D eigenvalue weighted by molar-refractivity contribution is 5.10. The predicted octanol–water partition coefficient (Wildman–Crippen LogP) is 4.50. The van der Waals surface area contributed by atoms with Crippen molar-refractivity contribution in [2.24, 2.45) is 11.8 Å². The molecule has 0 saturated heterocycles. The second-order valence-electron chi connectivity index (χ2n) is 6.02. The average molecular weight is 416 g/mol. The molecule has 26 heavy (non-hydrogen) atoms. The van der Waals surface area contributed by atoms with E-state index < -0.39 is 73.4 Å². The molecule has 2 atom stereocenters. The van der Waals surface area contributed by atoms with E-state index >= 15 is 0 Å². The van der Waals surface area contributed by atoms with Crippen molar-refractivity contribution in [2.75, 3.05) is 0 Å². The minimum atomic E-state index is -6.62. The molecular formula is C12H12F12O2. The molecule has 2 N–H and O–H groups in total. The van der Waals surface area contributed by atoms with Crippen LogP contribution in [0.15, 0.2) is 0 Å². The Hall–Kier alpha value is -0.920. The molecule has 0 heterocycles. The Labute approximate surface area is 137 Å². The molecule has 2 nitrogen and oxygen atoms in total. The quantitative estimate of drug-likeness (QED) is 0.651. The molecule has 0 radical (unpaired) electrons. The maximum Gasteiger partial charge on any atom is 0.426 e. The first kappa shape index (κ1) is 23.1. The molecule has 1 aliphatic rings. The van der Waals surface area contributed by atoms with E-state index in [1.54, 1.807) is 0 Å². The Morgan fingerprint density at radius 3 is 0.808 bits per heavy atom. The monoisotopic (exact) mass is 416 g/mol. The van der Waals surface area contributed by atoms with Crippen molar-refractivity contribution >= 4 is 0 Å². The van der Waals surface area contributed by atoms with E-state index in [1.165, 1.54) is 0 Å². The summed E-state index contributed by atoms with van der Waals surface area (Å²) in [6.45, 7) is 0. The maximum atomic E-state index is 12.9. The fourth-order valence-corrected chi connectivity index (χ4v) is 3.29. The second-order valence-corrected chi connectivity index (χ2v) is 6.02. The van der Waals surface area contributed by atoms with Crippen LogP contribution >= 0.6 is 0 Å². The zero-order valence-electron chi connectivity index (χ0n) is 12.4. The third kappa shape index (κ3) is 3.34. The summed E-state index contributed by atoms with van der Waals surface area (Å²) in [7, 11) is 0. The van der Waals surface area contributed by atoms with E-state index in [0.717, 1.165) is 0 Å². The normalized spacial score (nSPS) is 24.7. The van der Waals surface area contributed by atoms with Crippen molar-refractivity contribution in [3.8, 4) is 0 Å². The Morgan fingerprint density at radius 2 is 0.654 bits per heavy atom. The molecule has 0 aliphatic heterocycles. The number of rotatable bonds is 2. The number of aliphatic hydroxyl groups is 2. The van der Waals surface area contributed by atoms with Crippen molar-refractivity contribution in [3.05, 3.63) is 0 Å². The summed E-state index contributed by atoms with van der Waals surface area (Å²) in [6.07, 6.45) is -30.6. The summed E-state index contributed by atoms with van der Waals surface area (Å²) in [5, 5.41) is 18.6. The first-order valence-corrected chi connectivity index (χ1v) is 6.94. The van der Waals surface area contributed by atoms with Crippen LogP contribution in [0.1, 0.15) is 25.7 Å². The topological polar surface area (TPSA) is 40.5 Å². The van der Waals surface area contributed by atoms with Gasteiger partial charge in [0, 0.05) is 11.8 Å². The van der Waals surface area contributed by atoms with Gasteiger partial charge in [-0.15, -0.1) is 0 Å². The van der Waals surface area contributed by atoms with Gasteiger partial charge in [-0.3, -0.25) is 0 Å². The second kappa shape index (κ2) is 6.31. The smallest absolute Gasteiger partial charge is 0.373 e. The summed E-state index contributed by atoms with van der Waals surface area (Å²) >= 11 is 0. The molecular weight excluding hydrogens is 404 g/mol. The lowest BCUT2D eigenvalue weighted by molar-refractivity contribution is -0.425. The Kier molecular flexibility index (Phi) is 5.61. The molecule has 2 unspecified atom stereocenters. The minimum Gasteiger partial charge on any atom is -0.373 e.